The van der Waals surface area contributed by atoms with Crippen molar-refractivity contribution in [2.75, 3.05) is 52.4 Å². The van der Waals surface area contributed by atoms with E-state index in [2.05, 4.69) is 20.1 Å². The summed E-state index contributed by atoms with van der Waals surface area (Å²) < 4.78 is 0. The zero-order chi connectivity index (χ0) is 13.4. The number of aliphatic imine (C=N–C) groups is 1. The van der Waals surface area contributed by atoms with Crippen molar-refractivity contribution in [2.45, 2.75) is 0 Å². The number of nitrogens with zero attached hydrogens (tertiary/aromatic N) is 3. The van der Waals surface area contributed by atoms with Crippen molar-refractivity contribution in [2.24, 2.45) is 22.2 Å². The fraction of sp³-hybridized carbons (Fsp3) is 0.800. The van der Waals surface area contributed by atoms with Gasteiger partial charge in [-0.05, 0) is 0 Å². The van der Waals surface area contributed by atoms with Crippen molar-refractivity contribution in [1.82, 2.24) is 15.1 Å². The highest BCUT2D eigenvalue weighted by Gasteiger charge is 2.15. The van der Waals surface area contributed by atoms with Gasteiger partial charge in [-0.1, -0.05) is 0 Å². The van der Waals surface area contributed by atoms with Gasteiger partial charge in [0, 0.05) is 45.8 Å². The highest BCUT2D eigenvalue weighted by molar-refractivity contribution is 5.86. The summed E-state index contributed by atoms with van der Waals surface area (Å²) in [5.74, 6) is 0.190. The number of nitrogens with one attached hydrogen (secondary N) is 2. The topological polar surface area (TPSA) is 133 Å². The van der Waals surface area contributed by atoms with Crippen LogP contribution in [-0.4, -0.2) is 74.1 Å². The largest absolute Gasteiger partial charge is 0.370 e. The molecule has 1 aliphatic rings. The van der Waals surface area contributed by atoms with Crippen molar-refractivity contribution in [3.05, 3.63) is 0 Å². The molecule has 0 radical (unpaired) electrons. The Morgan fingerprint density at radius 1 is 0.909 bits per heavy atom. The normalized spacial score (nSPS) is 14.2. The Bertz CT molecular complexity index is 293. The second kappa shape index (κ2) is 17.0. The van der Waals surface area contributed by atoms with Crippen LogP contribution in [0.15, 0.2) is 4.99 Å². The molecule has 0 aromatic heterocycles. The van der Waals surface area contributed by atoms with Crippen LogP contribution in [0.5, 0.6) is 0 Å². The molecule has 0 unspecified atom stereocenters. The monoisotopic (exact) mass is 400 g/mol. The maximum atomic E-state index is 7.06. The molecule has 1 aliphatic heterocycles. The smallest absolute Gasteiger partial charge is 0.185 e. The molecule has 0 atom stereocenters. The fourth-order valence-electron chi connectivity index (χ4n) is 1.91. The number of rotatable bonds is 6. The lowest BCUT2D eigenvalue weighted by Gasteiger charge is -2.34. The van der Waals surface area contributed by atoms with E-state index < -0.39 is 0 Å². The summed E-state index contributed by atoms with van der Waals surface area (Å²) in [5.41, 5.74) is 15.8. The fourth-order valence-corrected chi connectivity index (χ4v) is 1.91. The predicted molar refractivity (Wildman–Crippen MR) is 102 cm³/mol. The molecule has 0 amide bonds. The van der Waals surface area contributed by atoms with E-state index in [9.17, 15) is 0 Å². The molecule has 22 heavy (non-hydrogen) atoms. The maximum absolute atomic E-state index is 7.06. The van der Waals surface area contributed by atoms with Gasteiger partial charge < -0.3 is 22.5 Å². The molecule has 0 spiro atoms. The van der Waals surface area contributed by atoms with Crippen molar-refractivity contribution in [3.63, 3.8) is 0 Å². The molecular formula is C10H28Cl4N8. The van der Waals surface area contributed by atoms with E-state index in [1.165, 1.54) is 0 Å². The lowest BCUT2D eigenvalue weighted by molar-refractivity contribution is 0.137. The van der Waals surface area contributed by atoms with Crippen molar-refractivity contribution < 1.29 is 0 Å². The highest BCUT2D eigenvalue weighted by Crippen LogP contribution is 2.00. The average Bonchev–Trinajstić information content (AvgIpc) is 2.30. The highest BCUT2D eigenvalue weighted by atomic mass is 35.5. The lowest BCUT2D eigenvalue weighted by atomic mass is 10.3. The van der Waals surface area contributed by atoms with Crippen LogP contribution in [0, 0.1) is 5.41 Å². The van der Waals surface area contributed by atoms with Crippen molar-refractivity contribution >= 4 is 61.5 Å². The molecule has 1 heterocycles. The molecule has 1 fully saturated rings. The van der Waals surface area contributed by atoms with E-state index in [1.54, 1.807) is 0 Å². The third-order valence-electron chi connectivity index (χ3n) is 2.92. The molecule has 8 N–H and O–H groups in total. The first kappa shape index (κ1) is 29.6. The number of nitrogens with two attached hydrogens (primary N) is 3. The van der Waals surface area contributed by atoms with E-state index in [-0.39, 0.29) is 61.5 Å². The summed E-state index contributed by atoms with van der Waals surface area (Å²) in [6.07, 6.45) is 0. The minimum atomic E-state index is 0. The zero-order valence-electron chi connectivity index (χ0n) is 12.4. The second-order valence-electron chi connectivity index (χ2n) is 4.33. The number of guanidine groups is 2. The number of piperazine rings is 1. The lowest BCUT2D eigenvalue weighted by Crippen LogP contribution is -2.49. The number of hydrogen-bond donors (Lipinski definition) is 5. The predicted octanol–water partition coefficient (Wildman–Crippen LogP) is -0.952. The summed E-state index contributed by atoms with van der Waals surface area (Å²) in [5, 5.41) is 9.87. The average molecular weight is 402 g/mol. The number of halogens is 4. The molecule has 0 aromatic carbocycles. The van der Waals surface area contributed by atoms with E-state index >= 15 is 0 Å². The summed E-state index contributed by atoms with van der Waals surface area (Å²) in [6.45, 7) is 7.32. The van der Waals surface area contributed by atoms with Crippen LogP contribution in [0.25, 0.3) is 0 Å². The Labute approximate surface area is 156 Å². The van der Waals surface area contributed by atoms with Crippen LogP contribution in [0.1, 0.15) is 0 Å². The number of hydrogen-bond acceptors (Lipinski definition) is 4. The SMILES string of the molecule is Cl.Cl.Cl.Cl.N=C(N)NCCN1CCN(CCN=C(N)N)CC1. The minimum Gasteiger partial charge on any atom is -0.370 e. The van der Waals surface area contributed by atoms with E-state index in [1.807, 2.05) is 0 Å². The zero-order valence-corrected chi connectivity index (χ0v) is 15.6. The molecule has 8 nitrogen and oxygen atoms in total. The van der Waals surface area contributed by atoms with E-state index in [0.29, 0.717) is 6.54 Å². The molecule has 0 bridgehead atoms. The third-order valence-corrected chi connectivity index (χ3v) is 2.92. The van der Waals surface area contributed by atoms with Gasteiger partial charge in [0.05, 0.1) is 6.54 Å². The molecule has 0 aliphatic carbocycles. The van der Waals surface area contributed by atoms with Crippen LogP contribution in [0.4, 0.5) is 0 Å². The molecule has 0 aromatic rings. The second-order valence-corrected chi connectivity index (χ2v) is 4.33. The quantitative estimate of drug-likeness (QED) is 0.288. The van der Waals surface area contributed by atoms with Gasteiger partial charge >= 0.3 is 0 Å². The first-order valence-corrected chi connectivity index (χ1v) is 6.16. The van der Waals surface area contributed by atoms with Crippen LogP contribution < -0.4 is 22.5 Å². The Hall–Kier alpha value is -0.380. The van der Waals surface area contributed by atoms with Gasteiger partial charge in [0.25, 0.3) is 0 Å². The van der Waals surface area contributed by atoms with Gasteiger partial charge in [0.1, 0.15) is 0 Å². The van der Waals surface area contributed by atoms with Gasteiger partial charge in [0.15, 0.2) is 11.9 Å². The Morgan fingerprint density at radius 2 is 1.36 bits per heavy atom. The van der Waals surface area contributed by atoms with Crippen LogP contribution in [0.3, 0.4) is 0 Å². The first-order chi connectivity index (χ1) is 8.58. The maximum Gasteiger partial charge on any atom is 0.185 e. The van der Waals surface area contributed by atoms with Gasteiger partial charge in [-0.2, -0.15) is 0 Å². The summed E-state index contributed by atoms with van der Waals surface area (Å²) in [7, 11) is 0. The molecule has 12 heteroatoms. The standard InChI is InChI=1S/C10H24N8.4ClH/c11-9(12)15-1-3-17-5-7-18(8-6-17)4-2-16-10(13)14;;;;/h1-8H2,(H4,11,12,15)(H4,13,14,16);4*1H. The molecular weight excluding hydrogens is 374 g/mol. The Kier molecular flexibility index (Phi) is 22.9. The minimum absolute atomic E-state index is 0. The summed E-state index contributed by atoms with van der Waals surface area (Å²) >= 11 is 0. The summed E-state index contributed by atoms with van der Waals surface area (Å²) in [6, 6.07) is 0. The third kappa shape index (κ3) is 14.6. The van der Waals surface area contributed by atoms with Gasteiger partial charge in [-0.25, -0.2) is 0 Å². The van der Waals surface area contributed by atoms with Gasteiger partial charge in [-0.3, -0.25) is 20.2 Å². The van der Waals surface area contributed by atoms with Crippen molar-refractivity contribution in [1.29, 1.82) is 5.41 Å². The van der Waals surface area contributed by atoms with Gasteiger partial charge in [0.2, 0.25) is 0 Å². The van der Waals surface area contributed by atoms with Crippen LogP contribution in [-0.2, 0) is 0 Å². The van der Waals surface area contributed by atoms with Crippen molar-refractivity contribution in [3.8, 4) is 0 Å². The van der Waals surface area contributed by atoms with Crippen LogP contribution in [0.2, 0.25) is 0 Å². The molecule has 1 saturated heterocycles. The Morgan fingerprint density at radius 3 is 1.77 bits per heavy atom. The van der Waals surface area contributed by atoms with Gasteiger partial charge in [-0.15, -0.1) is 49.6 Å². The molecule has 1 rings (SSSR count). The Balaban J connectivity index is -0.000000405. The van der Waals surface area contributed by atoms with E-state index in [4.69, 9.17) is 22.6 Å². The molecule has 136 valence electrons. The molecule has 0 saturated carbocycles. The first-order valence-electron chi connectivity index (χ1n) is 6.16. The summed E-state index contributed by atoms with van der Waals surface area (Å²) in [4.78, 5) is 8.68. The van der Waals surface area contributed by atoms with E-state index in [0.717, 1.165) is 45.8 Å². The van der Waals surface area contributed by atoms with Crippen LogP contribution >= 0.6 is 49.6 Å².